The van der Waals surface area contributed by atoms with Crippen molar-refractivity contribution in [1.82, 2.24) is 10.2 Å². The summed E-state index contributed by atoms with van der Waals surface area (Å²) < 4.78 is 26.4. The molecular weight excluding hydrogens is 438 g/mol. The zero-order chi connectivity index (χ0) is 21.9. The van der Waals surface area contributed by atoms with Gasteiger partial charge in [-0.05, 0) is 19.4 Å². The number of anilines is 2. The highest BCUT2D eigenvalue weighted by Gasteiger charge is 2.31. The molecule has 1 atom stereocenters. The van der Waals surface area contributed by atoms with E-state index in [0.717, 1.165) is 16.6 Å². The quantitative estimate of drug-likeness (QED) is 0.275. The lowest BCUT2D eigenvalue weighted by Crippen LogP contribution is -2.45. The summed E-state index contributed by atoms with van der Waals surface area (Å²) in [6.07, 6.45) is 0.942. The Hall–Kier alpha value is -2.25. The number of nitro groups is 1. The van der Waals surface area contributed by atoms with E-state index in [1.165, 1.54) is 42.2 Å². The van der Waals surface area contributed by atoms with E-state index in [0.29, 0.717) is 15.2 Å². The first kappa shape index (κ1) is 23.0. The molecule has 1 heterocycles. The van der Waals surface area contributed by atoms with Gasteiger partial charge in [0.25, 0.3) is 5.69 Å². The van der Waals surface area contributed by atoms with Gasteiger partial charge in [0, 0.05) is 17.4 Å². The lowest BCUT2D eigenvalue weighted by atomic mass is 10.1. The van der Waals surface area contributed by atoms with E-state index in [1.807, 2.05) is 13.8 Å². The fourth-order valence-corrected chi connectivity index (χ4v) is 5.65. The van der Waals surface area contributed by atoms with Gasteiger partial charge in [0.05, 0.1) is 16.9 Å². The molecule has 0 bridgehead atoms. The number of aromatic nitrogens is 2. The molecule has 1 unspecified atom stereocenters. The molecule has 0 fully saturated rings. The number of carbonyl (C=O) groups excluding carboxylic acids is 1. The van der Waals surface area contributed by atoms with Gasteiger partial charge < -0.3 is 0 Å². The van der Waals surface area contributed by atoms with E-state index in [-0.39, 0.29) is 16.5 Å². The van der Waals surface area contributed by atoms with Crippen LogP contribution in [0.5, 0.6) is 0 Å². The third kappa shape index (κ3) is 5.87. The number of rotatable bonds is 8. The second-order valence-corrected chi connectivity index (χ2v) is 11.2. The number of hydrogen-bond acceptors (Lipinski definition) is 9. The number of nitro benzene ring substituents is 1. The Morgan fingerprint density at radius 3 is 2.52 bits per heavy atom. The number of hydrogen-bond donors (Lipinski definition) is 1. The highest BCUT2D eigenvalue weighted by atomic mass is 32.2. The molecule has 1 aromatic heterocycles. The first-order chi connectivity index (χ1) is 13.4. The summed E-state index contributed by atoms with van der Waals surface area (Å²) in [5.41, 5.74) is 0.274. The molecule has 1 aromatic carbocycles. The Labute approximate surface area is 176 Å². The molecule has 0 spiro atoms. The van der Waals surface area contributed by atoms with Crippen LogP contribution in [0.15, 0.2) is 22.5 Å². The maximum atomic E-state index is 12.7. The fourth-order valence-electron chi connectivity index (χ4n) is 2.45. The number of aryl methyl sites for hydroxylation is 1. The molecule has 13 heteroatoms. The maximum absolute atomic E-state index is 12.7. The summed E-state index contributed by atoms with van der Waals surface area (Å²) in [4.78, 5) is 23.2. The second kappa shape index (κ2) is 9.05. The van der Waals surface area contributed by atoms with E-state index in [2.05, 4.69) is 15.5 Å². The summed E-state index contributed by atoms with van der Waals surface area (Å²) >= 11 is 2.67. The predicted octanol–water partition coefficient (Wildman–Crippen LogP) is 3.05. The topological polar surface area (TPSA) is 135 Å². The summed E-state index contributed by atoms with van der Waals surface area (Å²) in [7, 11) is -3.92. The summed E-state index contributed by atoms with van der Waals surface area (Å²) in [6.45, 7) is 7.01. The SMILES string of the molecule is Cc1ccc([N+](=O)[O-])cc1N(C(C)C(=O)Nc1nnc(SC(C)C)s1)S(C)(=O)=O. The number of nitrogens with one attached hydrogen (secondary N) is 1. The van der Waals surface area contributed by atoms with Crippen LogP contribution in [0.2, 0.25) is 0 Å². The molecule has 10 nitrogen and oxygen atoms in total. The molecule has 2 aromatic rings. The summed E-state index contributed by atoms with van der Waals surface area (Å²) in [6, 6.07) is 2.69. The predicted molar refractivity (Wildman–Crippen MR) is 114 cm³/mol. The Balaban J connectivity index is 2.34. The Bertz CT molecular complexity index is 1020. The number of benzene rings is 1. The van der Waals surface area contributed by atoms with Crippen LogP contribution < -0.4 is 9.62 Å². The molecule has 0 saturated heterocycles. The van der Waals surface area contributed by atoms with Crippen LogP contribution in [0.4, 0.5) is 16.5 Å². The van der Waals surface area contributed by atoms with Crippen LogP contribution in [0.3, 0.4) is 0 Å². The van der Waals surface area contributed by atoms with Gasteiger partial charge in [-0.3, -0.25) is 24.5 Å². The van der Waals surface area contributed by atoms with Crippen molar-refractivity contribution in [2.45, 2.75) is 43.3 Å². The minimum Gasteiger partial charge on any atom is -0.299 e. The highest BCUT2D eigenvalue weighted by molar-refractivity contribution is 8.01. The van der Waals surface area contributed by atoms with Gasteiger partial charge in [0.1, 0.15) is 6.04 Å². The van der Waals surface area contributed by atoms with E-state index in [1.54, 1.807) is 6.92 Å². The van der Waals surface area contributed by atoms with Crippen LogP contribution in [0.25, 0.3) is 0 Å². The fraction of sp³-hybridized carbons (Fsp3) is 0.438. The molecular formula is C16H21N5O5S3. The number of non-ortho nitro benzene ring substituents is 1. The minimum absolute atomic E-state index is 0.0673. The second-order valence-electron chi connectivity index (χ2n) is 6.49. The number of amides is 1. The molecule has 1 N–H and O–H groups in total. The average Bonchev–Trinajstić information content (AvgIpc) is 3.01. The minimum atomic E-state index is -3.92. The van der Waals surface area contributed by atoms with Crippen LogP contribution >= 0.6 is 23.1 Å². The van der Waals surface area contributed by atoms with E-state index in [9.17, 15) is 23.3 Å². The zero-order valence-corrected chi connectivity index (χ0v) is 18.9. The summed E-state index contributed by atoms with van der Waals surface area (Å²) in [5, 5.41) is 22.1. The first-order valence-corrected chi connectivity index (χ1v) is 12.0. The normalized spacial score (nSPS) is 12.6. The van der Waals surface area contributed by atoms with Crippen molar-refractivity contribution in [3.8, 4) is 0 Å². The van der Waals surface area contributed by atoms with Gasteiger partial charge in [-0.15, -0.1) is 10.2 Å². The standard InChI is InChI=1S/C16H21N5O5S3/c1-9(2)27-16-19-18-15(28-16)17-14(22)11(4)20(29(5,25)26)13-8-12(21(23)24)7-6-10(13)3/h6-9,11H,1-5H3,(H,17,18,22). The van der Waals surface area contributed by atoms with Gasteiger partial charge >= 0.3 is 0 Å². The lowest BCUT2D eigenvalue weighted by molar-refractivity contribution is -0.384. The van der Waals surface area contributed by atoms with Crippen molar-refractivity contribution in [1.29, 1.82) is 0 Å². The third-order valence-electron chi connectivity index (χ3n) is 3.70. The smallest absolute Gasteiger partial charge is 0.271 e. The monoisotopic (exact) mass is 459 g/mol. The van der Waals surface area contributed by atoms with Gasteiger partial charge in [0.2, 0.25) is 21.1 Å². The first-order valence-electron chi connectivity index (χ1n) is 8.45. The molecule has 2 rings (SSSR count). The van der Waals surface area contributed by atoms with E-state index < -0.39 is 26.9 Å². The van der Waals surface area contributed by atoms with Crippen LogP contribution in [0.1, 0.15) is 26.3 Å². The molecule has 1 amide bonds. The molecule has 0 saturated carbocycles. The van der Waals surface area contributed by atoms with E-state index in [4.69, 9.17) is 0 Å². The van der Waals surface area contributed by atoms with Crippen LogP contribution in [0, 0.1) is 17.0 Å². The van der Waals surface area contributed by atoms with E-state index >= 15 is 0 Å². The number of thioether (sulfide) groups is 1. The van der Waals surface area contributed by atoms with Crippen LogP contribution in [-0.4, -0.2) is 47.0 Å². The number of nitrogens with zero attached hydrogens (tertiary/aromatic N) is 4. The zero-order valence-electron chi connectivity index (χ0n) is 16.4. The Morgan fingerprint density at radius 1 is 1.31 bits per heavy atom. The van der Waals surface area contributed by atoms with Crippen molar-refractivity contribution in [3.63, 3.8) is 0 Å². The lowest BCUT2D eigenvalue weighted by Gasteiger charge is -2.29. The number of sulfonamides is 1. The Morgan fingerprint density at radius 2 is 1.97 bits per heavy atom. The van der Waals surface area contributed by atoms with Crippen LogP contribution in [-0.2, 0) is 14.8 Å². The highest BCUT2D eigenvalue weighted by Crippen LogP contribution is 2.31. The maximum Gasteiger partial charge on any atom is 0.271 e. The Kier molecular flexibility index (Phi) is 7.19. The van der Waals surface area contributed by atoms with Crippen molar-refractivity contribution in [3.05, 3.63) is 33.9 Å². The molecule has 0 aliphatic heterocycles. The van der Waals surface area contributed by atoms with Crippen molar-refractivity contribution < 1.29 is 18.1 Å². The van der Waals surface area contributed by atoms with Gasteiger partial charge in [-0.2, -0.15) is 0 Å². The average molecular weight is 460 g/mol. The van der Waals surface area contributed by atoms with Crippen molar-refractivity contribution in [2.75, 3.05) is 15.9 Å². The largest absolute Gasteiger partial charge is 0.299 e. The van der Waals surface area contributed by atoms with Crippen molar-refractivity contribution >= 4 is 55.5 Å². The third-order valence-corrected chi connectivity index (χ3v) is 6.86. The molecule has 158 valence electrons. The summed E-state index contributed by atoms with van der Waals surface area (Å²) in [5.74, 6) is -0.626. The van der Waals surface area contributed by atoms with Gasteiger partial charge in [0.15, 0.2) is 4.34 Å². The molecule has 0 aliphatic carbocycles. The molecule has 0 aliphatic rings. The van der Waals surface area contributed by atoms with Crippen molar-refractivity contribution in [2.24, 2.45) is 0 Å². The number of carbonyl (C=O) groups is 1. The van der Waals surface area contributed by atoms with Gasteiger partial charge in [-0.25, -0.2) is 8.42 Å². The molecule has 29 heavy (non-hydrogen) atoms. The molecule has 0 radical (unpaired) electrons. The van der Waals surface area contributed by atoms with Gasteiger partial charge in [-0.1, -0.05) is 43.0 Å².